The van der Waals surface area contributed by atoms with Gasteiger partial charge in [-0.1, -0.05) is 6.92 Å². The van der Waals surface area contributed by atoms with E-state index in [4.69, 9.17) is 5.73 Å². The lowest BCUT2D eigenvalue weighted by Crippen LogP contribution is -2.29. The third kappa shape index (κ3) is 3.94. The highest BCUT2D eigenvalue weighted by atomic mass is 15.1. The number of rotatable bonds is 6. The molecule has 3 nitrogen and oxygen atoms in total. The fourth-order valence-electron chi connectivity index (χ4n) is 1.53. The van der Waals surface area contributed by atoms with Crippen LogP contribution in [0.5, 0.6) is 0 Å². The Morgan fingerprint density at radius 1 is 1.57 bits per heavy atom. The summed E-state index contributed by atoms with van der Waals surface area (Å²) in [4.78, 5) is 5.40. The lowest BCUT2D eigenvalue weighted by molar-refractivity contribution is 0.292. The minimum atomic E-state index is 0.589. The Hall–Kier alpha value is -0.800. The normalized spacial score (nSPS) is 13.4. The monoisotopic (exact) mass is 195 g/mol. The van der Waals surface area contributed by atoms with Crippen LogP contribution in [0.3, 0.4) is 0 Å². The number of H-pyrrole nitrogens is 1. The molecule has 0 radical (unpaired) electrons. The van der Waals surface area contributed by atoms with Crippen molar-refractivity contribution in [2.45, 2.75) is 13.3 Å². The van der Waals surface area contributed by atoms with Gasteiger partial charge in [-0.15, -0.1) is 0 Å². The van der Waals surface area contributed by atoms with Gasteiger partial charge >= 0.3 is 0 Å². The van der Waals surface area contributed by atoms with Gasteiger partial charge in [0.1, 0.15) is 0 Å². The highest BCUT2D eigenvalue weighted by Gasteiger charge is 2.04. The molecule has 0 saturated carbocycles. The van der Waals surface area contributed by atoms with Crippen LogP contribution in [0.4, 0.5) is 0 Å². The van der Waals surface area contributed by atoms with Gasteiger partial charge in [0.2, 0.25) is 0 Å². The van der Waals surface area contributed by atoms with Crippen LogP contribution in [-0.2, 0) is 6.42 Å². The van der Waals surface area contributed by atoms with Crippen molar-refractivity contribution < 1.29 is 0 Å². The molecule has 80 valence electrons. The van der Waals surface area contributed by atoms with Crippen LogP contribution in [0.25, 0.3) is 0 Å². The summed E-state index contributed by atoms with van der Waals surface area (Å²) in [6.07, 6.45) is 5.13. The molecule has 1 aromatic heterocycles. The van der Waals surface area contributed by atoms with Gasteiger partial charge in [-0.25, -0.2) is 0 Å². The average molecular weight is 195 g/mol. The molecule has 0 amide bonds. The summed E-state index contributed by atoms with van der Waals surface area (Å²) in [6, 6.07) is 2.13. The van der Waals surface area contributed by atoms with E-state index in [1.807, 2.05) is 6.20 Å². The number of nitrogens with two attached hydrogens (primary N) is 1. The van der Waals surface area contributed by atoms with Crippen molar-refractivity contribution in [2.24, 2.45) is 11.7 Å². The van der Waals surface area contributed by atoms with Crippen molar-refractivity contribution in [1.82, 2.24) is 9.88 Å². The Morgan fingerprint density at radius 2 is 2.36 bits per heavy atom. The molecule has 0 saturated heterocycles. The van der Waals surface area contributed by atoms with Crippen molar-refractivity contribution >= 4 is 0 Å². The maximum absolute atomic E-state index is 5.58. The molecule has 0 aromatic carbocycles. The van der Waals surface area contributed by atoms with Crippen LogP contribution in [0, 0.1) is 5.92 Å². The van der Waals surface area contributed by atoms with E-state index in [0.717, 1.165) is 26.1 Å². The molecular formula is C11H21N3. The predicted molar refractivity (Wildman–Crippen MR) is 60.2 cm³/mol. The molecule has 0 aliphatic heterocycles. The minimum absolute atomic E-state index is 0.589. The van der Waals surface area contributed by atoms with Gasteiger partial charge in [0.15, 0.2) is 0 Å². The number of hydrogen-bond acceptors (Lipinski definition) is 2. The molecule has 14 heavy (non-hydrogen) atoms. The zero-order valence-electron chi connectivity index (χ0n) is 9.16. The number of aromatic amines is 1. The summed E-state index contributed by atoms with van der Waals surface area (Å²) >= 11 is 0. The largest absolute Gasteiger partial charge is 0.367 e. The Balaban J connectivity index is 2.18. The molecule has 1 heterocycles. The van der Waals surface area contributed by atoms with Gasteiger partial charge in [0, 0.05) is 25.5 Å². The second kappa shape index (κ2) is 5.83. The Morgan fingerprint density at radius 3 is 2.93 bits per heavy atom. The highest BCUT2D eigenvalue weighted by Crippen LogP contribution is 2.01. The summed E-state index contributed by atoms with van der Waals surface area (Å²) in [7, 11) is 2.15. The van der Waals surface area contributed by atoms with E-state index in [1.165, 1.54) is 5.56 Å². The first kappa shape index (κ1) is 11.3. The second-order valence-electron chi connectivity index (χ2n) is 4.07. The van der Waals surface area contributed by atoms with Crippen molar-refractivity contribution in [3.05, 3.63) is 24.0 Å². The van der Waals surface area contributed by atoms with Gasteiger partial charge in [-0.3, -0.25) is 0 Å². The van der Waals surface area contributed by atoms with Gasteiger partial charge in [-0.05, 0) is 37.6 Å². The molecule has 0 fully saturated rings. The van der Waals surface area contributed by atoms with Crippen LogP contribution in [0.1, 0.15) is 12.5 Å². The summed E-state index contributed by atoms with van der Waals surface area (Å²) in [5, 5.41) is 0. The maximum atomic E-state index is 5.58. The molecule has 3 heteroatoms. The molecule has 0 spiro atoms. The summed E-state index contributed by atoms with van der Waals surface area (Å²) in [6.45, 7) is 5.14. The van der Waals surface area contributed by atoms with Gasteiger partial charge in [0.25, 0.3) is 0 Å². The standard InChI is InChI=1S/C11H21N3/c1-10(7-12)9-14(2)6-4-11-3-5-13-8-11/h3,5,8,10,13H,4,6-7,9,12H2,1-2H3. The quantitative estimate of drug-likeness (QED) is 0.713. The minimum Gasteiger partial charge on any atom is -0.367 e. The Bertz CT molecular complexity index is 231. The molecule has 0 aliphatic rings. The summed E-state index contributed by atoms with van der Waals surface area (Å²) < 4.78 is 0. The molecule has 1 atom stereocenters. The smallest absolute Gasteiger partial charge is 0.00378 e. The zero-order chi connectivity index (χ0) is 10.4. The Kier molecular flexibility index (Phi) is 4.70. The third-order valence-electron chi connectivity index (χ3n) is 2.47. The first-order chi connectivity index (χ1) is 6.72. The molecule has 1 rings (SSSR count). The van der Waals surface area contributed by atoms with Crippen LogP contribution >= 0.6 is 0 Å². The SMILES string of the molecule is CC(CN)CN(C)CCc1cc[nH]c1. The maximum Gasteiger partial charge on any atom is 0.00378 e. The first-order valence-electron chi connectivity index (χ1n) is 5.22. The number of nitrogens with zero attached hydrogens (tertiary/aromatic N) is 1. The number of aromatic nitrogens is 1. The van der Waals surface area contributed by atoms with Crippen LogP contribution in [0.2, 0.25) is 0 Å². The number of likely N-dealkylation sites (N-methyl/N-ethyl adjacent to an activating group) is 1. The van der Waals surface area contributed by atoms with Crippen molar-refractivity contribution in [2.75, 3.05) is 26.7 Å². The molecule has 1 aromatic rings. The number of hydrogen-bond donors (Lipinski definition) is 2. The molecule has 3 N–H and O–H groups in total. The average Bonchev–Trinajstić information content (AvgIpc) is 2.67. The molecule has 0 aliphatic carbocycles. The van der Waals surface area contributed by atoms with E-state index >= 15 is 0 Å². The highest BCUT2D eigenvalue weighted by molar-refractivity contribution is 5.08. The zero-order valence-corrected chi connectivity index (χ0v) is 9.16. The topological polar surface area (TPSA) is 45.0 Å². The Labute approximate surface area is 86.3 Å². The van der Waals surface area contributed by atoms with E-state index in [1.54, 1.807) is 0 Å². The van der Waals surface area contributed by atoms with Gasteiger partial charge in [-0.2, -0.15) is 0 Å². The fourth-order valence-corrected chi connectivity index (χ4v) is 1.53. The first-order valence-corrected chi connectivity index (χ1v) is 5.22. The van der Waals surface area contributed by atoms with Crippen molar-refractivity contribution in [1.29, 1.82) is 0 Å². The number of nitrogens with one attached hydrogen (secondary N) is 1. The van der Waals surface area contributed by atoms with E-state index in [-0.39, 0.29) is 0 Å². The van der Waals surface area contributed by atoms with Crippen molar-refractivity contribution in [3.8, 4) is 0 Å². The lowest BCUT2D eigenvalue weighted by Gasteiger charge is -2.19. The van der Waals surface area contributed by atoms with E-state index in [2.05, 4.69) is 36.1 Å². The summed E-state index contributed by atoms with van der Waals surface area (Å²) in [5.41, 5.74) is 6.95. The predicted octanol–water partition coefficient (Wildman–Crippen LogP) is 1.08. The molecular weight excluding hydrogens is 174 g/mol. The third-order valence-corrected chi connectivity index (χ3v) is 2.47. The van der Waals surface area contributed by atoms with Gasteiger partial charge < -0.3 is 15.6 Å². The van der Waals surface area contributed by atoms with E-state index in [9.17, 15) is 0 Å². The summed E-state index contributed by atoms with van der Waals surface area (Å²) in [5.74, 6) is 0.589. The fraction of sp³-hybridized carbons (Fsp3) is 0.636. The van der Waals surface area contributed by atoms with Crippen molar-refractivity contribution in [3.63, 3.8) is 0 Å². The molecule has 0 bridgehead atoms. The second-order valence-corrected chi connectivity index (χ2v) is 4.07. The molecule has 1 unspecified atom stereocenters. The lowest BCUT2D eigenvalue weighted by atomic mass is 10.1. The van der Waals surface area contributed by atoms with Crippen LogP contribution in [-0.4, -0.2) is 36.6 Å². The van der Waals surface area contributed by atoms with E-state index in [0.29, 0.717) is 5.92 Å². The van der Waals surface area contributed by atoms with Crippen LogP contribution < -0.4 is 5.73 Å². The van der Waals surface area contributed by atoms with E-state index < -0.39 is 0 Å². The van der Waals surface area contributed by atoms with Gasteiger partial charge in [0.05, 0.1) is 0 Å². The van der Waals surface area contributed by atoms with Crippen LogP contribution in [0.15, 0.2) is 18.5 Å².